The van der Waals surface area contributed by atoms with Gasteiger partial charge in [-0.1, -0.05) is 26.0 Å². The Morgan fingerprint density at radius 3 is 2.38 bits per heavy atom. The summed E-state index contributed by atoms with van der Waals surface area (Å²) in [6.07, 6.45) is 3.44. The third-order valence-corrected chi connectivity index (χ3v) is 6.68. The molecule has 1 aromatic carbocycles. The number of carbonyl (C=O) groups excluding carboxylic acids is 1. The Hall–Kier alpha value is -2.08. The van der Waals surface area contributed by atoms with Crippen LogP contribution in [0.15, 0.2) is 41.4 Å². The molecule has 1 saturated carbocycles. The first-order valence-electron chi connectivity index (χ1n) is 8.11. The van der Waals surface area contributed by atoms with Crippen molar-refractivity contribution in [2.75, 3.05) is 0 Å². The standard InChI is InChI=1S/C18H22N2O3S/c1-12(2)14-9-17(18(19)21)20(11-14)10-13-3-5-15(6-4-13)24(22,23)16-7-8-16/h3-6,9,11-12,16H,7-8,10H2,1-2H3,(H2,19,21). The minimum Gasteiger partial charge on any atom is -0.364 e. The van der Waals surface area contributed by atoms with Crippen LogP contribution in [0.1, 0.15) is 54.2 Å². The zero-order chi connectivity index (χ0) is 17.5. The Kier molecular flexibility index (Phi) is 4.25. The quantitative estimate of drug-likeness (QED) is 0.873. The van der Waals surface area contributed by atoms with Gasteiger partial charge in [0, 0.05) is 12.7 Å². The molecule has 1 aliphatic carbocycles. The van der Waals surface area contributed by atoms with Gasteiger partial charge in [-0.25, -0.2) is 8.42 Å². The number of carbonyl (C=O) groups is 1. The molecule has 0 saturated heterocycles. The molecular formula is C18H22N2O3S. The van der Waals surface area contributed by atoms with E-state index in [0.717, 1.165) is 24.0 Å². The highest BCUT2D eigenvalue weighted by Gasteiger charge is 2.36. The van der Waals surface area contributed by atoms with Gasteiger partial charge in [0.15, 0.2) is 9.84 Å². The van der Waals surface area contributed by atoms with E-state index in [2.05, 4.69) is 13.8 Å². The number of rotatable bonds is 6. The van der Waals surface area contributed by atoms with Crippen molar-refractivity contribution in [2.24, 2.45) is 5.73 Å². The van der Waals surface area contributed by atoms with Crippen LogP contribution in [0.25, 0.3) is 0 Å². The summed E-state index contributed by atoms with van der Waals surface area (Å²) < 4.78 is 26.3. The molecule has 2 aromatic rings. The van der Waals surface area contributed by atoms with E-state index in [1.165, 1.54) is 0 Å². The largest absolute Gasteiger partial charge is 0.364 e. The van der Waals surface area contributed by atoms with E-state index >= 15 is 0 Å². The van der Waals surface area contributed by atoms with Crippen molar-refractivity contribution in [1.82, 2.24) is 4.57 Å². The van der Waals surface area contributed by atoms with Gasteiger partial charge < -0.3 is 10.3 Å². The average molecular weight is 346 g/mol. The van der Waals surface area contributed by atoms with Gasteiger partial charge in [-0.3, -0.25) is 4.79 Å². The molecule has 2 N–H and O–H groups in total. The highest BCUT2D eigenvalue weighted by atomic mass is 32.2. The van der Waals surface area contributed by atoms with E-state index in [1.54, 1.807) is 24.3 Å². The fourth-order valence-corrected chi connectivity index (χ4v) is 4.40. The molecule has 1 heterocycles. The summed E-state index contributed by atoms with van der Waals surface area (Å²) in [6.45, 7) is 4.60. The lowest BCUT2D eigenvalue weighted by Crippen LogP contribution is -2.17. The topological polar surface area (TPSA) is 82.2 Å². The van der Waals surface area contributed by atoms with Crippen molar-refractivity contribution in [2.45, 2.75) is 49.3 Å². The Morgan fingerprint density at radius 1 is 1.25 bits per heavy atom. The summed E-state index contributed by atoms with van der Waals surface area (Å²) in [4.78, 5) is 12.0. The molecule has 3 rings (SSSR count). The molecule has 6 heteroatoms. The molecule has 1 aliphatic rings. The van der Waals surface area contributed by atoms with Crippen molar-refractivity contribution in [3.8, 4) is 0 Å². The number of nitrogens with zero attached hydrogens (tertiary/aromatic N) is 1. The molecule has 5 nitrogen and oxygen atoms in total. The zero-order valence-corrected chi connectivity index (χ0v) is 14.7. The number of benzene rings is 1. The molecule has 0 unspecified atom stereocenters. The lowest BCUT2D eigenvalue weighted by Gasteiger charge is -2.08. The number of sulfone groups is 1. The Bertz CT molecular complexity index is 860. The van der Waals surface area contributed by atoms with Gasteiger partial charge in [0.1, 0.15) is 5.69 Å². The SMILES string of the molecule is CC(C)c1cc(C(N)=O)n(Cc2ccc(S(=O)(=O)C3CC3)cc2)c1. The number of nitrogens with two attached hydrogens (primary N) is 1. The molecule has 1 fully saturated rings. The Morgan fingerprint density at radius 2 is 1.88 bits per heavy atom. The monoisotopic (exact) mass is 346 g/mol. The van der Waals surface area contributed by atoms with E-state index in [1.807, 2.05) is 16.8 Å². The summed E-state index contributed by atoms with van der Waals surface area (Å²) in [5.74, 6) is -0.162. The molecule has 0 spiro atoms. The Balaban J connectivity index is 1.85. The van der Waals surface area contributed by atoms with Crippen LogP contribution < -0.4 is 5.73 Å². The summed E-state index contributed by atoms with van der Waals surface area (Å²) in [5.41, 5.74) is 7.91. The first-order valence-corrected chi connectivity index (χ1v) is 9.66. The van der Waals surface area contributed by atoms with E-state index in [4.69, 9.17) is 5.73 Å². The number of aromatic nitrogens is 1. The van der Waals surface area contributed by atoms with Gasteiger partial charge in [0.05, 0.1) is 10.1 Å². The normalized spacial score (nSPS) is 15.0. The molecule has 128 valence electrons. The van der Waals surface area contributed by atoms with E-state index in [0.29, 0.717) is 23.1 Å². The van der Waals surface area contributed by atoms with Gasteiger partial charge in [-0.15, -0.1) is 0 Å². The van der Waals surface area contributed by atoms with Crippen LogP contribution >= 0.6 is 0 Å². The van der Waals surface area contributed by atoms with Gasteiger partial charge in [-0.2, -0.15) is 0 Å². The van der Waals surface area contributed by atoms with Gasteiger partial charge in [0.2, 0.25) is 0 Å². The van der Waals surface area contributed by atoms with E-state index < -0.39 is 15.7 Å². The third-order valence-electron chi connectivity index (χ3n) is 4.40. The van der Waals surface area contributed by atoms with Crippen molar-refractivity contribution in [1.29, 1.82) is 0 Å². The summed E-state index contributed by atoms with van der Waals surface area (Å²) in [7, 11) is -3.17. The van der Waals surface area contributed by atoms with E-state index in [-0.39, 0.29) is 5.25 Å². The molecule has 0 radical (unpaired) electrons. The molecule has 0 bridgehead atoms. The van der Waals surface area contributed by atoms with Crippen molar-refractivity contribution in [3.05, 3.63) is 53.3 Å². The minimum atomic E-state index is -3.17. The second kappa shape index (κ2) is 6.09. The number of hydrogen-bond donors (Lipinski definition) is 1. The van der Waals surface area contributed by atoms with Crippen molar-refractivity contribution in [3.63, 3.8) is 0 Å². The number of primary amides is 1. The molecule has 0 aliphatic heterocycles. The van der Waals surface area contributed by atoms with Crippen LogP contribution in [0, 0.1) is 0 Å². The molecule has 1 amide bonds. The lowest BCUT2D eigenvalue weighted by atomic mass is 10.1. The van der Waals surface area contributed by atoms with Crippen LogP contribution in [-0.4, -0.2) is 24.1 Å². The van der Waals surface area contributed by atoms with Crippen LogP contribution in [-0.2, 0) is 16.4 Å². The maximum absolute atomic E-state index is 12.2. The fourth-order valence-electron chi connectivity index (χ4n) is 2.74. The van der Waals surface area contributed by atoms with Crippen LogP contribution in [0.3, 0.4) is 0 Å². The minimum absolute atomic E-state index is 0.206. The van der Waals surface area contributed by atoms with Crippen LogP contribution in [0.4, 0.5) is 0 Å². The van der Waals surface area contributed by atoms with Crippen molar-refractivity contribution >= 4 is 15.7 Å². The second-order valence-electron chi connectivity index (χ2n) is 6.69. The smallest absolute Gasteiger partial charge is 0.265 e. The van der Waals surface area contributed by atoms with Crippen LogP contribution in [0.5, 0.6) is 0 Å². The van der Waals surface area contributed by atoms with Gasteiger partial charge in [0.25, 0.3) is 5.91 Å². The predicted octanol–water partition coefficient (Wildman–Crippen LogP) is 2.69. The maximum Gasteiger partial charge on any atom is 0.265 e. The zero-order valence-electron chi connectivity index (χ0n) is 13.9. The highest BCUT2D eigenvalue weighted by Crippen LogP contribution is 2.33. The fraction of sp³-hybridized carbons (Fsp3) is 0.389. The summed E-state index contributed by atoms with van der Waals surface area (Å²) >= 11 is 0. The van der Waals surface area contributed by atoms with Gasteiger partial charge >= 0.3 is 0 Å². The molecule has 24 heavy (non-hydrogen) atoms. The maximum atomic E-state index is 12.2. The Labute approximate surface area is 142 Å². The summed E-state index contributed by atoms with van der Waals surface area (Å²) in [5, 5.41) is -0.206. The van der Waals surface area contributed by atoms with E-state index in [9.17, 15) is 13.2 Å². The second-order valence-corrected chi connectivity index (χ2v) is 8.92. The number of hydrogen-bond acceptors (Lipinski definition) is 3. The number of amides is 1. The summed E-state index contributed by atoms with van der Waals surface area (Å²) in [6, 6.07) is 8.72. The molecular weight excluding hydrogens is 324 g/mol. The first-order chi connectivity index (χ1) is 11.3. The predicted molar refractivity (Wildman–Crippen MR) is 92.8 cm³/mol. The third kappa shape index (κ3) is 3.24. The average Bonchev–Trinajstić information content (AvgIpc) is 3.29. The molecule has 1 aromatic heterocycles. The van der Waals surface area contributed by atoms with Gasteiger partial charge in [-0.05, 0) is 48.1 Å². The van der Waals surface area contributed by atoms with Crippen molar-refractivity contribution < 1.29 is 13.2 Å². The lowest BCUT2D eigenvalue weighted by molar-refractivity contribution is 0.0992. The molecule has 0 atom stereocenters. The van der Waals surface area contributed by atoms with Crippen LogP contribution in [0.2, 0.25) is 0 Å². The highest BCUT2D eigenvalue weighted by molar-refractivity contribution is 7.92. The first kappa shape index (κ1) is 16.8.